The van der Waals surface area contributed by atoms with E-state index in [1.807, 2.05) is 12.1 Å². The molecule has 1 nitrogen and oxygen atoms in total. The van der Waals surface area contributed by atoms with Gasteiger partial charge in [-0.05, 0) is 42.7 Å². The predicted octanol–water partition coefficient (Wildman–Crippen LogP) is 5.26. The summed E-state index contributed by atoms with van der Waals surface area (Å²) in [7, 11) is 0. The predicted molar refractivity (Wildman–Crippen MR) is 84.2 cm³/mol. The van der Waals surface area contributed by atoms with Gasteiger partial charge < -0.3 is 5.32 Å². The summed E-state index contributed by atoms with van der Waals surface area (Å²) in [4.78, 5) is 0. The molecule has 0 fully saturated rings. The summed E-state index contributed by atoms with van der Waals surface area (Å²) in [6.07, 6.45) is 1.91. The van der Waals surface area contributed by atoms with Crippen molar-refractivity contribution in [2.75, 3.05) is 11.2 Å². The SMILES string of the molecule is Fc1cc(Cl)ccc1CNc1cccc(CCCCl)c1. The highest BCUT2D eigenvalue weighted by Crippen LogP contribution is 2.17. The molecule has 0 radical (unpaired) electrons. The number of anilines is 1. The fourth-order valence-corrected chi connectivity index (χ4v) is 2.26. The van der Waals surface area contributed by atoms with E-state index in [9.17, 15) is 4.39 Å². The molecule has 0 heterocycles. The second-order valence-corrected chi connectivity index (χ2v) is 5.40. The molecule has 0 amide bonds. The zero-order valence-corrected chi connectivity index (χ0v) is 12.5. The average Bonchev–Trinajstić information content (AvgIpc) is 2.45. The maximum atomic E-state index is 13.7. The van der Waals surface area contributed by atoms with Crippen molar-refractivity contribution in [2.45, 2.75) is 19.4 Å². The third-order valence-corrected chi connectivity index (χ3v) is 3.53. The van der Waals surface area contributed by atoms with Crippen LogP contribution in [-0.2, 0) is 13.0 Å². The lowest BCUT2D eigenvalue weighted by Crippen LogP contribution is -2.02. The van der Waals surface area contributed by atoms with E-state index in [1.165, 1.54) is 11.6 Å². The van der Waals surface area contributed by atoms with E-state index >= 15 is 0 Å². The van der Waals surface area contributed by atoms with Gasteiger partial charge in [0.25, 0.3) is 0 Å². The van der Waals surface area contributed by atoms with Crippen LogP contribution in [0.25, 0.3) is 0 Å². The number of hydrogen-bond donors (Lipinski definition) is 1. The highest BCUT2D eigenvalue weighted by molar-refractivity contribution is 6.30. The van der Waals surface area contributed by atoms with Crippen molar-refractivity contribution < 1.29 is 4.39 Å². The molecule has 0 atom stereocenters. The first-order valence-corrected chi connectivity index (χ1v) is 7.43. The van der Waals surface area contributed by atoms with Gasteiger partial charge in [-0.3, -0.25) is 0 Å². The smallest absolute Gasteiger partial charge is 0.129 e. The van der Waals surface area contributed by atoms with Gasteiger partial charge in [-0.15, -0.1) is 11.6 Å². The van der Waals surface area contributed by atoms with E-state index in [2.05, 4.69) is 17.4 Å². The van der Waals surface area contributed by atoms with Gasteiger partial charge in [0.2, 0.25) is 0 Å². The molecule has 1 N–H and O–H groups in total. The molecule has 0 saturated heterocycles. The van der Waals surface area contributed by atoms with Crippen molar-refractivity contribution in [2.24, 2.45) is 0 Å². The molecule has 2 aromatic carbocycles. The van der Waals surface area contributed by atoms with Crippen LogP contribution < -0.4 is 5.32 Å². The lowest BCUT2D eigenvalue weighted by Gasteiger charge is -2.09. The van der Waals surface area contributed by atoms with Gasteiger partial charge in [0.1, 0.15) is 5.82 Å². The molecule has 0 aliphatic carbocycles. The van der Waals surface area contributed by atoms with Crippen LogP contribution in [0.3, 0.4) is 0 Å². The number of halogens is 3. The Balaban J connectivity index is 1.99. The first-order chi connectivity index (χ1) is 9.69. The fourth-order valence-electron chi connectivity index (χ4n) is 1.97. The summed E-state index contributed by atoms with van der Waals surface area (Å²) in [6.45, 7) is 0.433. The Morgan fingerprint density at radius 2 is 1.95 bits per heavy atom. The molecule has 0 spiro atoms. The largest absolute Gasteiger partial charge is 0.381 e. The van der Waals surface area contributed by atoms with Crippen molar-refractivity contribution in [3.63, 3.8) is 0 Å². The number of alkyl halides is 1. The summed E-state index contributed by atoms with van der Waals surface area (Å²) < 4.78 is 13.7. The van der Waals surface area contributed by atoms with Crippen LogP contribution in [0.4, 0.5) is 10.1 Å². The van der Waals surface area contributed by atoms with Gasteiger partial charge >= 0.3 is 0 Å². The molecule has 2 aromatic rings. The zero-order chi connectivity index (χ0) is 14.4. The average molecular weight is 312 g/mol. The second kappa shape index (κ2) is 7.51. The van der Waals surface area contributed by atoms with E-state index in [-0.39, 0.29) is 5.82 Å². The molecular formula is C16H16Cl2FN. The van der Waals surface area contributed by atoms with Gasteiger partial charge in [0, 0.05) is 28.7 Å². The number of aryl methyl sites for hydroxylation is 1. The molecule has 20 heavy (non-hydrogen) atoms. The molecule has 2 rings (SSSR count). The van der Waals surface area contributed by atoms with Crippen LogP contribution in [0.2, 0.25) is 5.02 Å². The van der Waals surface area contributed by atoms with Gasteiger partial charge in [-0.1, -0.05) is 29.8 Å². The number of nitrogens with one attached hydrogen (secondary N) is 1. The molecule has 0 bridgehead atoms. The second-order valence-electron chi connectivity index (χ2n) is 4.58. The van der Waals surface area contributed by atoms with E-state index in [0.717, 1.165) is 18.5 Å². The molecule has 0 aliphatic rings. The Morgan fingerprint density at radius 3 is 2.70 bits per heavy atom. The molecule has 0 saturated carbocycles. The normalized spacial score (nSPS) is 10.6. The van der Waals surface area contributed by atoms with Crippen LogP contribution in [0.5, 0.6) is 0 Å². The Bertz CT molecular complexity index is 572. The van der Waals surface area contributed by atoms with Crippen LogP contribution in [0, 0.1) is 5.82 Å². The van der Waals surface area contributed by atoms with Crippen LogP contribution in [0.15, 0.2) is 42.5 Å². The van der Waals surface area contributed by atoms with Gasteiger partial charge in [0.15, 0.2) is 0 Å². The topological polar surface area (TPSA) is 12.0 Å². The maximum absolute atomic E-state index is 13.7. The minimum atomic E-state index is -0.289. The highest BCUT2D eigenvalue weighted by Gasteiger charge is 2.03. The van der Waals surface area contributed by atoms with Crippen molar-refractivity contribution >= 4 is 28.9 Å². The summed E-state index contributed by atoms with van der Waals surface area (Å²) >= 11 is 11.4. The van der Waals surface area contributed by atoms with Crippen molar-refractivity contribution in [1.82, 2.24) is 0 Å². The molecule has 106 valence electrons. The lowest BCUT2D eigenvalue weighted by molar-refractivity contribution is 0.613. The maximum Gasteiger partial charge on any atom is 0.129 e. The van der Waals surface area contributed by atoms with Crippen molar-refractivity contribution in [1.29, 1.82) is 0 Å². The molecule has 0 aliphatic heterocycles. The molecular weight excluding hydrogens is 296 g/mol. The van der Waals surface area contributed by atoms with E-state index in [1.54, 1.807) is 12.1 Å². The van der Waals surface area contributed by atoms with E-state index in [4.69, 9.17) is 23.2 Å². The third-order valence-electron chi connectivity index (χ3n) is 3.02. The summed E-state index contributed by atoms with van der Waals surface area (Å²) in [5.74, 6) is 0.372. The number of hydrogen-bond acceptors (Lipinski definition) is 1. The van der Waals surface area contributed by atoms with E-state index in [0.29, 0.717) is 23.0 Å². The van der Waals surface area contributed by atoms with Gasteiger partial charge in [0.05, 0.1) is 0 Å². The zero-order valence-electron chi connectivity index (χ0n) is 11.0. The monoisotopic (exact) mass is 311 g/mol. The van der Waals surface area contributed by atoms with Crippen molar-refractivity contribution in [3.05, 3.63) is 64.4 Å². The standard InChI is InChI=1S/C16H16Cl2FN/c17-8-2-4-12-3-1-5-15(9-12)20-11-13-6-7-14(18)10-16(13)19/h1,3,5-7,9-10,20H,2,4,8,11H2. The highest BCUT2D eigenvalue weighted by atomic mass is 35.5. The summed E-state index contributed by atoms with van der Waals surface area (Å²) in [5, 5.41) is 3.63. The minimum absolute atomic E-state index is 0.289. The quantitative estimate of drug-likeness (QED) is 0.717. The Hall–Kier alpha value is -1.25. The van der Waals surface area contributed by atoms with Gasteiger partial charge in [-0.2, -0.15) is 0 Å². The number of benzene rings is 2. The summed E-state index contributed by atoms with van der Waals surface area (Å²) in [6, 6.07) is 12.8. The molecule has 4 heteroatoms. The Labute approximate surface area is 128 Å². The Kier molecular flexibility index (Phi) is 5.69. The lowest BCUT2D eigenvalue weighted by atomic mass is 10.1. The van der Waals surface area contributed by atoms with Crippen LogP contribution in [-0.4, -0.2) is 5.88 Å². The number of rotatable bonds is 6. The van der Waals surface area contributed by atoms with Gasteiger partial charge in [-0.25, -0.2) is 4.39 Å². The van der Waals surface area contributed by atoms with Crippen molar-refractivity contribution in [3.8, 4) is 0 Å². The molecule has 0 aromatic heterocycles. The minimum Gasteiger partial charge on any atom is -0.381 e. The van der Waals surface area contributed by atoms with E-state index < -0.39 is 0 Å². The first kappa shape index (κ1) is 15.1. The first-order valence-electron chi connectivity index (χ1n) is 6.52. The van der Waals surface area contributed by atoms with Crippen LogP contribution in [0.1, 0.15) is 17.5 Å². The fraction of sp³-hybridized carbons (Fsp3) is 0.250. The summed E-state index contributed by atoms with van der Waals surface area (Å²) in [5.41, 5.74) is 2.80. The third kappa shape index (κ3) is 4.39. The Morgan fingerprint density at radius 1 is 1.10 bits per heavy atom. The molecule has 0 unspecified atom stereocenters. The van der Waals surface area contributed by atoms with Crippen LogP contribution >= 0.6 is 23.2 Å².